The largest absolute Gasteiger partial charge is 0.495 e. The summed E-state index contributed by atoms with van der Waals surface area (Å²) in [4.78, 5) is 16.2. The third-order valence-corrected chi connectivity index (χ3v) is 4.32. The first-order chi connectivity index (χ1) is 9.74. The number of hydrogen-bond donors (Lipinski definition) is 1. The van der Waals surface area contributed by atoms with E-state index >= 15 is 0 Å². The van der Waals surface area contributed by atoms with Gasteiger partial charge >= 0.3 is 5.97 Å². The highest BCUT2D eigenvalue weighted by Gasteiger charge is 2.27. The van der Waals surface area contributed by atoms with Crippen LogP contribution in [-0.2, 0) is 5.41 Å². The van der Waals surface area contributed by atoms with Crippen molar-refractivity contribution in [2.24, 2.45) is 0 Å². The number of benzene rings is 1. The highest BCUT2D eigenvalue weighted by atomic mass is 35.5. The van der Waals surface area contributed by atoms with Gasteiger partial charge in [0.2, 0.25) is 0 Å². The van der Waals surface area contributed by atoms with Crippen molar-refractivity contribution >= 4 is 28.9 Å². The number of thiazole rings is 1. The van der Waals surface area contributed by atoms with E-state index in [1.807, 2.05) is 26.8 Å². The van der Waals surface area contributed by atoms with Crippen molar-refractivity contribution < 1.29 is 14.6 Å². The smallest absolute Gasteiger partial charge is 0.347 e. The molecule has 6 heteroatoms. The van der Waals surface area contributed by atoms with Gasteiger partial charge in [0.1, 0.15) is 15.6 Å². The number of carboxylic acids is 1. The number of aromatic nitrogens is 1. The standard InChI is InChI=1S/C15H16ClNO3S/c1-15(2,3)12-11(14(18)19)21-13(17-12)8-5-6-10(20-4)9(16)7-8/h5-7H,1-4H3,(H,18,19). The minimum absolute atomic E-state index is 0.268. The van der Waals surface area contributed by atoms with Crippen LogP contribution in [0.2, 0.25) is 5.02 Å². The van der Waals surface area contributed by atoms with Crippen molar-refractivity contribution in [3.05, 3.63) is 33.8 Å². The van der Waals surface area contributed by atoms with Crippen molar-refractivity contribution in [1.29, 1.82) is 0 Å². The fraction of sp³-hybridized carbons (Fsp3) is 0.333. The van der Waals surface area contributed by atoms with Crippen molar-refractivity contribution in [3.63, 3.8) is 0 Å². The molecule has 1 heterocycles. The van der Waals surface area contributed by atoms with Crippen LogP contribution < -0.4 is 4.74 Å². The van der Waals surface area contributed by atoms with E-state index in [9.17, 15) is 9.90 Å². The molecule has 0 radical (unpaired) electrons. The van der Waals surface area contributed by atoms with Crippen LogP contribution in [0.15, 0.2) is 18.2 Å². The molecule has 2 rings (SSSR count). The van der Waals surface area contributed by atoms with Crippen molar-refractivity contribution in [1.82, 2.24) is 4.98 Å². The summed E-state index contributed by atoms with van der Waals surface area (Å²) in [5.74, 6) is -0.380. The number of ether oxygens (including phenoxy) is 1. The van der Waals surface area contributed by atoms with E-state index in [4.69, 9.17) is 16.3 Å². The zero-order chi connectivity index (χ0) is 15.8. The van der Waals surface area contributed by atoms with Gasteiger partial charge in [-0.05, 0) is 18.2 Å². The summed E-state index contributed by atoms with van der Waals surface area (Å²) in [5, 5.41) is 10.5. The number of rotatable bonds is 3. The molecule has 0 spiro atoms. The van der Waals surface area contributed by atoms with Gasteiger partial charge < -0.3 is 9.84 Å². The van der Waals surface area contributed by atoms with Crippen LogP contribution in [0.5, 0.6) is 5.75 Å². The first kappa shape index (κ1) is 15.8. The molecule has 1 N–H and O–H groups in total. The Bertz CT molecular complexity index is 689. The van der Waals surface area contributed by atoms with Crippen LogP contribution >= 0.6 is 22.9 Å². The lowest BCUT2D eigenvalue weighted by Crippen LogP contribution is -2.16. The minimum Gasteiger partial charge on any atom is -0.495 e. The SMILES string of the molecule is COc1ccc(-c2nc(C(C)(C)C)c(C(=O)O)s2)cc1Cl. The Hall–Kier alpha value is -1.59. The molecule has 0 unspecified atom stereocenters. The van der Waals surface area contributed by atoms with Gasteiger partial charge in [0.25, 0.3) is 0 Å². The predicted molar refractivity (Wildman–Crippen MR) is 84.8 cm³/mol. The Morgan fingerprint density at radius 3 is 2.48 bits per heavy atom. The van der Waals surface area contributed by atoms with E-state index in [-0.39, 0.29) is 10.3 Å². The number of carboxylic acid groups (broad SMARTS) is 1. The molecule has 0 saturated heterocycles. The second-order valence-electron chi connectivity index (χ2n) is 5.60. The van der Waals surface area contributed by atoms with E-state index in [0.29, 0.717) is 21.5 Å². The fourth-order valence-corrected chi connectivity index (χ4v) is 3.26. The molecule has 0 amide bonds. The van der Waals surface area contributed by atoms with Gasteiger partial charge in [-0.3, -0.25) is 0 Å². The van der Waals surface area contributed by atoms with Crippen LogP contribution in [-0.4, -0.2) is 23.2 Å². The van der Waals surface area contributed by atoms with E-state index in [2.05, 4.69) is 4.98 Å². The molecule has 1 aromatic heterocycles. The van der Waals surface area contributed by atoms with Crippen LogP contribution in [0.1, 0.15) is 36.1 Å². The summed E-state index contributed by atoms with van der Waals surface area (Å²) in [7, 11) is 1.55. The van der Waals surface area contributed by atoms with E-state index in [1.165, 1.54) is 0 Å². The lowest BCUT2D eigenvalue weighted by Gasteiger charge is -2.16. The van der Waals surface area contributed by atoms with Gasteiger partial charge in [0, 0.05) is 11.0 Å². The highest BCUT2D eigenvalue weighted by molar-refractivity contribution is 7.17. The monoisotopic (exact) mass is 325 g/mol. The highest BCUT2D eigenvalue weighted by Crippen LogP contribution is 2.36. The maximum atomic E-state index is 11.4. The molecule has 0 aliphatic carbocycles. The molecule has 0 atom stereocenters. The molecule has 4 nitrogen and oxygen atoms in total. The molecule has 0 saturated carbocycles. The Kier molecular flexibility index (Phi) is 4.25. The molecular weight excluding hydrogens is 310 g/mol. The maximum Gasteiger partial charge on any atom is 0.347 e. The quantitative estimate of drug-likeness (QED) is 0.904. The van der Waals surface area contributed by atoms with Crippen molar-refractivity contribution in [2.45, 2.75) is 26.2 Å². The van der Waals surface area contributed by atoms with Gasteiger partial charge in [-0.15, -0.1) is 11.3 Å². The minimum atomic E-state index is -0.955. The lowest BCUT2D eigenvalue weighted by molar-refractivity contribution is 0.0699. The topological polar surface area (TPSA) is 59.4 Å². The molecule has 112 valence electrons. The summed E-state index contributed by atoms with van der Waals surface area (Å²) < 4.78 is 5.11. The summed E-state index contributed by atoms with van der Waals surface area (Å²) in [6, 6.07) is 5.30. The number of halogens is 1. The average Bonchev–Trinajstić information content (AvgIpc) is 2.83. The van der Waals surface area contributed by atoms with Gasteiger partial charge in [0.15, 0.2) is 0 Å². The second-order valence-corrected chi connectivity index (χ2v) is 7.01. The molecule has 0 aliphatic rings. The van der Waals surface area contributed by atoms with Gasteiger partial charge in [-0.1, -0.05) is 32.4 Å². The summed E-state index contributed by atoms with van der Waals surface area (Å²) in [6.07, 6.45) is 0. The summed E-state index contributed by atoms with van der Waals surface area (Å²) >= 11 is 7.27. The molecule has 0 bridgehead atoms. The molecule has 0 aliphatic heterocycles. The number of methoxy groups -OCH3 is 1. The summed E-state index contributed by atoms with van der Waals surface area (Å²) in [5.41, 5.74) is 1.03. The molecular formula is C15H16ClNO3S. The van der Waals surface area contributed by atoms with E-state index < -0.39 is 5.97 Å². The number of carbonyl (C=O) groups is 1. The van der Waals surface area contributed by atoms with Crippen LogP contribution in [0.4, 0.5) is 0 Å². The molecule has 1 aromatic carbocycles. The Balaban J connectivity index is 2.55. The van der Waals surface area contributed by atoms with Crippen molar-refractivity contribution in [2.75, 3.05) is 7.11 Å². The zero-order valence-corrected chi connectivity index (χ0v) is 13.8. The second kappa shape index (κ2) is 5.66. The van der Waals surface area contributed by atoms with Crippen LogP contribution in [0.3, 0.4) is 0 Å². The first-order valence-corrected chi connectivity index (χ1v) is 7.52. The molecule has 21 heavy (non-hydrogen) atoms. The Morgan fingerprint density at radius 1 is 1.38 bits per heavy atom. The fourth-order valence-electron chi connectivity index (χ4n) is 1.90. The molecule has 0 fully saturated rings. The zero-order valence-electron chi connectivity index (χ0n) is 12.2. The van der Waals surface area contributed by atoms with Crippen LogP contribution in [0.25, 0.3) is 10.6 Å². The van der Waals surface area contributed by atoms with Gasteiger partial charge in [0.05, 0.1) is 17.8 Å². The average molecular weight is 326 g/mol. The predicted octanol–water partition coefficient (Wildman–Crippen LogP) is 4.47. The van der Waals surface area contributed by atoms with Crippen LogP contribution in [0, 0.1) is 0 Å². The van der Waals surface area contributed by atoms with Gasteiger partial charge in [-0.2, -0.15) is 0 Å². The maximum absolute atomic E-state index is 11.4. The number of hydrogen-bond acceptors (Lipinski definition) is 4. The Labute approximate surface area is 132 Å². The Morgan fingerprint density at radius 2 is 2.05 bits per heavy atom. The normalized spacial score (nSPS) is 11.5. The lowest BCUT2D eigenvalue weighted by atomic mass is 9.91. The first-order valence-electron chi connectivity index (χ1n) is 6.32. The third-order valence-electron chi connectivity index (χ3n) is 2.93. The molecule has 2 aromatic rings. The van der Waals surface area contributed by atoms with E-state index in [1.54, 1.807) is 19.2 Å². The van der Waals surface area contributed by atoms with Crippen molar-refractivity contribution in [3.8, 4) is 16.3 Å². The van der Waals surface area contributed by atoms with E-state index in [0.717, 1.165) is 16.9 Å². The van der Waals surface area contributed by atoms with Gasteiger partial charge in [-0.25, -0.2) is 9.78 Å². The summed E-state index contributed by atoms with van der Waals surface area (Å²) in [6.45, 7) is 5.83. The third kappa shape index (κ3) is 3.19. The number of aromatic carboxylic acids is 1. The number of nitrogens with zero attached hydrogens (tertiary/aromatic N) is 1.